The maximum atomic E-state index is 6.27. The summed E-state index contributed by atoms with van der Waals surface area (Å²) in [6.45, 7) is 6.06. The van der Waals surface area contributed by atoms with E-state index < -0.39 is 0 Å². The molecule has 0 aliphatic carbocycles. The lowest BCUT2D eigenvalue weighted by Crippen LogP contribution is -2.40. The zero-order valence-electron chi connectivity index (χ0n) is 55.6. The molecule has 0 fully saturated rings. The first-order valence-electron chi connectivity index (χ1n) is 31.9. The Kier molecular flexibility index (Phi) is 21.6. The zero-order chi connectivity index (χ0) is 68.6. The van der Waals surface area contributed by atoms with Gasteiger partial charge in [-0.2, -0.15) is 0 Å². The molecule has 24 nitrogen and oxygen atoms in total. The van der Waals surface area contributed by atoms with E-state index in [9.17, 15) is 0 Å². The summed E-state index contributed by atoms with van der Waals surface area (Å²) in [5.74, 6) is 7.08. The maximum absolute atomic E-state index is 6.27. The van der Waals surface area contributed by atoms with Crippen LogP contribution in [0, 0.1) is 13.8 Å². The highest BCUT2D eigenvalue weighted by Gasteiger charge is 2.36. The summed E-state index contributed by atoms with van der Waals surface area (Å²) in [4.78, 5) is 48.7. The highest BCUT2D eigenvalue weighted by atomic mass is 79.9. The lowest BCUT2D eigenvalue weighted by molar-refractivity contribution is 0.0500. The second-order valence-corrected chi connectivity index (χ2v) is 24.2. The molecule has 0 bridgehead atoms. The highest BCUT2D eigenvalue weighted by molar-refractivity contribution is 9.10. The van der Waals surface area contributed by atoms with Crippen LogP contribution in [0.1, 0.15) is 89.9 Å². The number of nitrogens with one attached hydrogen (secondary N) is 1. The van der Waals surface area contributed by atoms with E-state index in [0.717, 1.165) is 100 Å². The number of aliphatic imine (C=N–C) groups is 1. The molecule has 5 aromatic carbocycles. The molecule has 8 aromatic heterocycles. The molecule has 1 N–H and O–H groups in total. The summed E-state index contributed by atoms with van der Waals surface area (Å²) < 4.78 is 50.2. The first-order chi connectivity index (χ1) is 49.0. The number of ether oxygens (including phenoxy) is 5. The molecule has 3 aliphatic rings. The molecule has 3 atom stereocenters. The van der Waals surface area contributed by atoms with Crippen molar-refractivity contribution in [1.29, 1.82) is 0 Å². The van der Waals surface area contributed by atoms with Gasteiger partial charge in [0, 0.05) is 41.6 Å². The Labute approximate surface area is 597 Å². The van der Waals surface area contributed by atoms with Crippen LogP contribution in [0.2, 0.25) is 0 Å². The number of aromatic nitrogens is 7. The second kappa shape index (κ2) is 31.5. The first kappa shape index (κ1) is 69.9. The van der Waals surface area contributed by atoms with E-state index in [0.29, 0.717) is 85.1 Å². The van der Waals surface area contributed by atoms with Crippen molar-refractivity contribution in [3.63, 3.8) is 0 Å². The van der Waals surface area contributed by atoms with Crippen molar-refractivity contribution < 1.29 is 51.4 Å². The topological polar surface area (TPSA) is 243 Å². The van der Waals surface area contributed by atoms with Crippen LogP contribution in [0.4, 0.5) is 0 Å². The van der Waals surface area contributed by atoms with Gasteiger partial charge in [-0.1, -0.05) is 104 Å². The van der Waals surface area contributed by atoms with Crippen molar-refractivity contribution in [2.24, 2.45) is 15.3 Å². The number of hydrogen-bond donors (Lipinski definition) is 1. The summed E-state index contributed by atoms with van der Waals surface area (Å²) in [5, 5.41) is 12.0. The Hall–Kier alpha value is -12.0. The Balaban J connectivity index is 0.000000144. The van der Waals surface area contributed by atoms with E-state index in [2.05, 4.69) is 73.6 Å². The number of imidazole rings is 2. The van der Waals surface area contributed by atoms with Crippen LogP contribution >= 0.6 is 15.9 Å². The Bertz CT molecular complexity index is 5020. The number of para-hydroxylation sites is 3. The molecular formula is C77H76BrN13O11. The monoisotopic (exact) mass is 1440 g/mol. The minimum Gasteiger partial charge on any atom is -0.497 e. The normalized spacial score (nSPS) is 15.5. The van der Waals surface area contributed by atoms with Crippen LogP contribution in [0.5, 0.6) is 29.1 Å². The van der Waals surface area contributed by atoms with Gasteiger partial charge in [-0.05, 0) is 138 Å². The molecule has 25 heteroatoms. The van der Waals surface area contributed by atoms with Gasteiger partial charge in [-0.25, -0.2) is 30.4 Å². The molecule has 0 unspecified atom stereocenters. The Morgan fingerprint density at radius 1 is 0.471 bits per heavy atom. The van der Waals surface area contributed by atoms with Crippen molar-refractivity contribution in [3.05, 3.63) is 262 Å². The van der Waals surface area contributed by atoms with Gasteiger partial charge in [-0.3, -0.25) is 9.83 Å². The van der Waals surface area contributed by atoms with E-state index >= 15 is 0 Å². The van der Waals surface area contributed by atoms with Crippen molar-refractivity contribution in [1.82, 2.24) is 49.3 Å². The molecule has 11 heterocycles. The largest absolute Gasteiger partial charge is 0.497 e. The highest BCUT2D eigenvalue weighted by Crippen LogP contribution is 2.37. The molecule has 0 spiro atoms. The maximum Gasteiger partial charge on any atom is 0.238 e. The van der Waals surface area contributed by atoms with E-state index in [4.69, 9.17) is 61.4 Å². The third-order valence-corrected chi connectivity index (χ3v) is 17.5. The van der Waals surface area contributed by atoms with E-state index in [1.54, 1.807) is 48.2 Å². The molecule has 3 aliphatic heterocycles. The predicted molar refractivity (Wildman–Crippen MR) is 392 cm³/mol. The number of benzene rings is 5. The number of oxime groups is 2. The average Bonchev–Trinajstić information content (AvgIpc) is 1.38. The minimum atomic E-state index is -0.262. The molecule has 0 saturated heterocycles. The molecule has 102 heavy (non-hydrogen) atoms. The summed E-state index contributed by atoms with van der Waals surface area (Å²) in [6, 6.07) is 56.6. The molecule has 0 amide bonds. The number of amidine groups is 3. The molecule has 522 valence electrons. The van der Waals surface area contributed by atoms with E-state index in [1.165, 1.54) is 0 Å². The molecule has 13 aromatic rings. The van der Waals surface area contributed by atoms with Crippen LogP contribution in [0.3, 0.4) is 0 Å². The summed E-state index contributed by atoms with van der Waals surface area (Å²) in [7, 11) is 8.09. The number of aryl methyl sites for hydroxylation is 2. The predicted octanol–water partition coefficient (Wildman–Crippen LogP) is 15.4. The van der Waals surface area contributed by atoms with Crippen molar-refractivity contribution in [2.75, 3.05) is 55.4 Å². The molecular weight excluding hydrogens is 1360 g/mol. The summed E-state index contributed by atoms with van der Waals surface area (Å²) >= 11 is 3.47. The second-order valence-electron chi connectivity index (χ2n) is 23.4. The Morgan fingerprint density at radius 3 is 1.33 bits per heavy atom. The minimum absolute atomic E-state index is 0. The van der Waals surface area contributed by atoms with Gasteiger partial charge in [0.2, 0.25) is 17.6 Å². The van der Waals surface area contributed by atoms with E-state index in [1.807, 2.05) is 199 Å². The van der Waals surface area contributed by atoms with Crippen molar-refractivity contribution in [3.8, 4) is 40.5 Å². The lowest BCUT2D eigenvalue weighted by atomic mass is 10.1. The average molecular weight is 1440 g/mol. The number of fused-ring (bicyclic) bond motifs is 3. The number of hydroxylamine groups is 1. The van der Waals surface area contributed by atoms with Crippen LogP contribution in [-0.2, 0) is 27.6 Å². The van der Waals surface area contributed by atoms with Gasteiger partial charge in [0.05, 0.1) is 64.1 Å². The fraction of sp³-hybridized carbons (Fsp3) is 0.221. The number of nitrogens with zero attached hydrogens (tertiary/aromatic N) is 12. The zero-order valence-corrected chi connectivity index (χ0v) is 57.1. The van der Waals surface area contributed by atoms with Crippen molar-refractivity contribution >= 4 is 66.3 Å². The number of hydrogen-bond acceptors (Lipinski definition) is 22. The van der Waals surface area contributed by atoms with Gasteiger partial charge < -0.3 is 65.5 Å². The van der Waals surface area contributed by atoms with E-state index in [-0.39, 0.29) is 33.0 Å². The van der Waals surface area contributed by atoms with Gasteiger partial charge >= 0.3 is 0 Å². The van der Waals surface area contributed by atoms with Gasteiger partial charge in [0.25, 0.3) is 0 Å². The van der Waals surface area contributed by atoms with Crippen molar-refractivity contribution in [2.45, 2.75) is 59.9 Å². The Morgan fingerprint density at radius 2 is 0.892 bits per heavy atom. The van der Waals surface area contributed by atoms with Crippen LogP contribution in [0.15, 0.2) is 234 Å². The summed E-state index contributed by atoms with van der Waals surface area (Å²) in [6.07, 6.45) is 7.30. The third-order valence-electron chi connectivity index (χ3n) is 16.9. The fourth-order valence-electron chi connectivity index (χ4n) is 11.8. The lowest BCUT2D eigenvalue weighted by Gasteiger charge is -2.35. The van der Waals surface area contributed by atoms with Crippen LogP contribution in [-0.4, -0.2) is 117 Å². The number of methoxy groups -OCH3 is 5. The van der Waals surface area contributed by atoms with Gasteiger partial charge in [-0.15, -0.1) is 0 Å². The van der Waals surface area contributed by atoms with Crippen LogP contribution in [0.25, 0.3) is 44.3 Å². The van der Waals surface area contributed by atoms with Gasteiger partial charge in [0.15, 0.2) is 17.5 Å². The quantitative estimate of drug-likeness (QED) is 0.0890. The molecule has 0 saturated carbocycles. The smallest absolute Gasteiger partial charge is 0.238 e. The first-order valence-corrected chi connectivity index (χ1v) is 32.7. The van der Waals surface area contributed by atoms with Gasteiger partial charge in [0.1, 0.15) is 112 Å². The molecule has 0 radical (unpaired) electrons. The molecule has 16 rings (SSSR count). The number of pyridine rings is 3. The summed E-state index contributed by atoms with van der Waals surface area (Å²) in [5.41, 5.74) is 12.8. The third kappa shape index (κ3) is 15.1. The number of halogens is 1. The number of furan rings is 3. The number of rotatable bonds is 17. The fourth-order valence-corrected chi connectivity index (χ4v) is 12.2. The standard InChI is InChI=1S/C29H27N5O4.C25H22BrN3O4.C21H19N5O3.2CH4/c1-19-15-33(18-30-19)24-13-12-23(31-29(24)36-3)28-32-37-17-25(27-14-21-6-4-5-7-26(21)38-27)34(28)16-20-8-10-22(35-2)11-9-20;1-30-18-9-7-16(8-10-18)14-29-21(23-13-17-5-3-4-6-22(17)33-23)15-32-28-24(29)20-12-11-19(26)25(27-20)31-2;1-13-10-26(12-22-13)17-8-7-15(24-21(17)27-2)20-23-16(11-28-25-20)19-9-14-5-3-4-6-18(14)29-19;;/h4-15,18,25H,16-17H2,1-3H3;3-13,21H,14-15H2,1-2H3;3-10,12,16H,11H2,1-2H3,(H,23,25);2*1H4/t25-;21-;16-;;/m111../s1. The SMILES string of the molecule is C.C.COc1ccc(CN2C(c3ccc(-n4cnc(C)c4)c(OC)n3)=NOC[C@@H]2c2cc3ccccc3o2)cc1.COc1ccc(CN2C(c3ccc(Br)c(OC)n3)=NOC[C@@H]2c2cc3ccccc3o2)cc1.COc1nc(C2=N[C@@H](c3cc4ccccc4o3)CON2)ccc1-n1cnc(C)c1. The van der Waals surface area contributed by atoms with Crippen LogP contribution < -0.4 is 29.2 Å².